The predicted octanol–water partition coefficient (Wildman–Crippen LogP) is 4.82. The normalized spacial score (nSPS) is 31.7. The first kappa shape index (κ1) is 24.8. The number of carbonyl (C=O) groups is 1. The summed E-state index contributed by atoms with van der Waals surface area (Å²) in [4.78, 5) is 33.2. The van der Waals surface area contributed by atoms with Crippen LogP contribution in [-0.2, 0) is 4.79 Å². The quantitative estimate of drug-likeness (QED) is 0.553. The molecule has 4 aliphatic rings. The van der Waals surface area contributed by atoms with E-state index < -0.39 is 0 Å². The molecule has 1 amide bonds. The van der Waals surface area contributed by atoms with E-state index in [1.54, 1.807) is 7.05 Å². The molecule has 1 aromatic heterocycles. The van der Waals surface area contributed by atoms with Crippen molar-refractivity contribution in [2.45, 2.75) is 108 Å². The molecule has 5 atom stereocenters. The second kappa shape index (κ2) is 10.3. The maximum Gasteiger partial charge on any atom is 0.279 e. The summed E-state index contributed by atoms with van der Waals surface area (Å²) < 4.78 is 1.98. The maximum atomic E-state index is 13.9. The van der Waals surface area contributed by atoms with Crippen LogP contribution >= 0.6 is 0 Å². The molecular formula is C30H41N5O2. The van der Waals surface area contributed by atoms with Gasteiger partial charge in [-0.3, -0.25) is 14.5 Å². The number of carbonyl (C=O) groups excluding carboxylic acids is 1. The molecule has 2 aliphatic heterocycles. The summed E-state index contributed by atoms with van der Waals surface area (Å²) in [6.45, 7) is 0. The summed E-state index contributed by atoms with van der Waals surface area (Å²) in [6, 6.07) is 9.80. The van der Waals surface area contributed by atoms with Gasteiger partial charge in [-0.15, -0.1) is 0 Å². The number of piperidine rings is 2. The minimum atomic E-state index is -0.163. The third-order valence-electron chi connectivity index (χ3n) is 9.86. The molecule has 198 valence electrons. The number of nitrogens with zero attached hydrogens (tertiary/aromatic N) is 3. The molecule has 2 saturated heterocycles. The maximum absolute atomic E-state index is 13.9. The molecule has 3 heterocycles. The summed E-state index contributed by atoms with van der Waals surface area (Å²) in [5.74, 6) is 1.72. The Morgan fingerprint density at radius 2 is 1.59 bits per heavy atom. The van der Waals surface area contributed by atoms with E-state index in [1.807, 2.05) is 28.8 Å². The standard InChI is InChI=1S/C30H41N5O2/c1-32-28(36)13-12-25(31)29-30(37)35(27-11-3-2-10-26(27)33-29)24-17-21-8-5-9-22(18-24)34(21)23-15-19-6-4-7-20(14-19)16-23/h2-3,10-11,19-24,31H,4-9,12-18H2,1H3,(H,32,36)/t19?,20?,21-,22+,23?,24?. The molecule has 0 spiro atoms. The molecule has 3 unspecified atom stereocenters. The summed E-state index contributed by atoms with van der Waals surface area (Å²) >= 11 is 0. The first-order chi connectivity index (χ1) is 18.0. The third-order valence-corrected chi connectivity index (χ3v) is 9.86. The third kappa shape index (κ3) is 4.75. The molecule has 2 saturated carbocycles. The van der Waals surface area contributed by atoms with Gasteiger partial charge in [0, 0.05) is 44.1 Å². The first-order valence-corrected chi connectivity index (χ1v) is 14.6. The fourth-order valence-electron chi connectivity index (χ4n) is 8.33. The van der Waals surface area contributed by atoms with Crippen molar-refractivity contribution >= 4 is 22.7 Å². The number of hydrogen-bond donors (Lipinski definition) is 2. The Hall–Kier alpha value is -2.54. The number of nitrogens with one attached hydrogen (secondary N) is 2. The Morgan fingerprint density at radius 3 is 2.30 bits per heavy atom. The van der Waals surface area contributed by atoms with Crippen molar-refractivity contribution in [2.24, 2.45) is 11.8 Å². The van der Waals surface area contributed by atoms with Crippen molar-refractivity contribution in [3.05, 3.63) is 40.3 Å². The fraction of sp³-hybridized carbons (Fsp3) is 0.667. The van der Waals surface area contributed by atoms with E-state index in [1.165, 1.54) is 57.8 Å². The van der Waals surface area contributed by atoms with Crippen LogP contribution in [0, 0.1) is 17.2 Å². The van der Waals surface area contributed by atoms with Gasteiger partial charge < -0.3 is 15.3 Å². The number of benzene rings is 1. The van der Waals surface area contributed by atoms with Crippen LogP contribution in [0.2, 0.25) is 0 Å². The second-order valence-electron chi connectivity index (χ2n) is 12.1. The molecular weight excluding hydrogens is 462 g/mol. The highest BCUT2D eigenvalue weighted by Crippen LogP contribution is 2.47. The summed E-state index contributed by atoms with van der Waals surface area (Å²) in [5.41, 5.74) is 1.83. The Labute approximate surface area is 219 Å². The number of rotatable bonds is 6. The van der Waals surface area contributed by atoms with Crippen LogP contribution in [0.25, 0.3) is 11.0 Å². The van der Waals surface area contributed by atoms with E-state index in [-0.39, 0.29) is 41.8 Å². The Bertz CT molecular complexity index is 1210. The molecule has 0 radical (unpaired) electrons. The monoisotopic (exact) mass is 503 g/mol. The smallest absolute Gasteiger partial charge is 0.279 e. The summed E-state index contributed by atoms with van der Waals surface area (Å²) in [5, 5.41) is 11.2. The average molecular weight is 504 g/mol. The Kier molecular flexibility index (Phi) is 6.91. The molecule has 7 nitrogen and oxygen atoms in total. The van der Waals surface area contributed by atoms with Gasteiger partial charge in [0.25, 0.3) is 5.56 Å². The molecule has 2 aromatic rings. The lowest BCUT2D eigenvalue weighted by molar-refractivity contribution is -0.120. The number of para-hydroxylation sites is 2. The van der Waals surface area contributed by atoms with Crippen molar-refractivity contribution in [1.29, 1.82) is 5.41 Å². The van der Waals surface area contributed by atoms with Crippen LogP contribution < -0.4 is 10.9 Å². The highest BCUT2D eigenvalue weighted by Gasteiger charge is 2.45. The van der Waals surface area contributed by atoms with E-state index in [2.05, 4.69) is 15.2 Å². The van der Waals surface area contributed by atoms with Gasteiger partial charge >= 0.3 is 0 Å². The van der Waals surface area contributed by atoms with E-state index in [4.69, 9.17) is 5.41 Å². The molecule has 4 bridgehead atoms. The molecule has 2 aliphatic carbocycles. The largest absolute Gasteiger partial charge is 0.359 e. The van der Waals surface area contributed by atoms with Gasteiger partial charge in [0.05, 0.1) is 16.7 Å². The van der Waals surface area contributed by atoms with Crippen LogP contribution in [0.3, 0.4) is 0 Å². The summed E-state index contributed by atoms with van der Waals surface area (Å²) in [6.07, 6.45) is 14.6. The zero-order valence-corrected chi connectivity index (χ0v) is 22.1. The zero-order chi connectivity index (χ0) is 25.5. The zero-order valence-electron chi connectivity index (χ0n) is 22.1. The van der Waals surface area contributed by atoms with Crippen LogP contribution in [0.15, 0.2) is 29.1 Å². The molecule has 1 aromatic carbocycles. The lowest BCUT2D eigenvalue weighted by Gasteiger charge is -2.55. The average Bonchev–Trinajstić information content (AvgIpc) is 2.90. The van der Waals surface area contributed by atoms with Crippen molar-refractivity contribution in [3.8, 4) is 0 Å². The Balaban J connectivity index is 1.31. The summed E-state index contributed by atoms with van der Waals surface area (Å²) in [7, 11) is 1.59. The van der Waals surface area contributed by atoms with Crippen molar-refractivity contribution in [2.75, 3.05) is 7.05 Å². The van der Waals surface area contributed by atoms with E-state index in [9.17, 15) is 9.59 Å². The van der Waals surface area contributed by atoms with E-state index in [0.717, 1.165) is 41.8 Å². The van der Waals surface area contributed by atoms with Crippen LogP contribution in [0.5, 0.6) is 0 Å². The van der Waals surface area contributed by atoms with Gasteiger partial charge in [0.2, 0.25) is 5.91 Å². The van der Waals surface area contributed by atoms with E-state index in [0.29, 0.717) is 12.1 Å². The SMILES string of the molecule is CNC(=O)CCC(=N)c1nc2ccccc2n(C2C[C@H]3CCC[C@@H](C2)N3C2CC3CCCC(C3)C2)c1=O. The van der Waals surface area contributed by atoms with Crippen molar-refractivity contribution in [3.63, 3.8) is 0 Å². The van der Waals surface area contributed by atoms with Crippen molar-refractivity contribution < 1.29 is 4.79 Å². The number of aromatic nitrogens is 2. The highest BCUT2D eigenvalue weighted by molar-refractivity contribution is 5.99. The minimum Gasteiger partial charge on any atom is -0.359 e. The Morgan fingerprint density at radius 1 is 0.919 bits per heavy atom. The topological polar surface area (TPSA) is 91.1 Å². The number of hydrogen-bond acceptors (Lipinski definition) is 5. The minimum absolute atomic E-state index is 0.125. The van der Waals surface area contributed by atoms with Gasteiger partial charge in [-0.1, -0.05) is 37.8 Å². The first-order valence-electron chi connectivity index (χ1n) is 14.6. The molecule has 37 heavy (non-hydrogen) atoms. The van der Waals surface area contributed by atoms with Gasteiger partial charge in [-0.05, 0) is 68.9 Å². The molecule has 2 N–H and O–H groups in total. The van der Waals surface area contributed by atoms with Crippen LogP contribution in [0.1, 0.15) is 95.2 Å². The fourth-order valence-corrected chi connectivity index (χ4v) is 8.33. The van der Waals surface area contributed by atoms with Gasteiger partial charge in [-0.25, -0.2) is 4.98 Å². The van der Waals surface area contributed by atoms with Gasteiger partial charge in [-0.2, -0.15) is 0 Å². The lowest BCUT2D eigenvalue weighted by atomic mass is 9.68. The predicted molar refractivity (Wildman–Crippen MR) is 146 cm³/mol. The van der Waals surface area contributed by atoms with E-state index >= 15 is 0 Å². The highest BCUT2D eigenvalue weighted by atomic mass is 16.1. The second-order valence-corrected chi connectivity index (χ2v) is 12.1. The molecule has 7 heteroatoms. The van der Waals surface area contributed by atoms with Crippen LogP contribution in [0.4, 0.5) is 0 Å². The molecule has 6 rings (SSSR count). The van der Waals surface area contributed by atoms with Gasteiger partial charge in [0.1, 0.15) is 5.69 Å². The molecule has 4 fully saturated rings. The number of amides is 1. The van der Waals surface area contributed by atoms with Gasteiger partial charge in [0.15, 0.2) is 0 Å². The lowest BCUT2D eigenvalue weighted by Crippen LogP contribution is -2.58. The number of fused-ring (bicyclic) bond motifs is 5. The van der Waals surface area contributed by atoms with Crippen molar-refractivity contribution in [1.82, 2.24) is 19.8 Å². The van der Waals surface area contributed by atoms with Crippen LogP contribution in [-0.4, -0.2) is 51.2 Å².